The first-order valence-corrected chi connectivity index (χ1v) is 4.04. The molecule has 0 spiro atoms. The lowest BCUT2D eigenvalue weighted by molar-refractivity contribution is 0.195. The Bertz CT molecular complexity index is 77.7. The normalized spacial score (nSPS) is 8.62. The van der Waals surface area contributed by atoms with E-state index in [1.54, 1.807) is 0 Å². The highest BCUT2D eigenvalue weighted by Crippen LogP contribution is 2.00. The highest BCUT2D eigenvalue weighted by Gasteiger charge is 1.89. The Labute approximate surface area is 56.7 Å². The summed E-state index contributed by atoms with van der Waals surface area (Å²) >= 11 is 3.81. The number of carboxylic acid groups (broad SMARTS) is 1. The van der Waals surface area contributed by atoms with Gasteiger partial charge in [0.05, 0.1) is 0 Å². The van der Waals surface area contributed by atoms with E-state index in [9.17, 15) is 4.79 Å². The minimum Gasteiger partial charge on any atom is -0.465 e. The summed E-state index contributed by atoms with van der Waals surface area (Å²) in [5.74, 6) is 0.704. The first-order chi connectivity index (χ1) is 3.77. The highest BCUT2D eigenvalue weighted by molar-refractivity contribution is 8.68. The molecule has 3 nitrogen and oxygen atoms in total. The standard InChI is InChI=1S/C3H7NO2S2/c5-3(6)4-1-2-8-7/h4,7H,1-2H2,(H,5,6). The zero-order chi connectivity index (χ0) is 6.41. The number of thiol groups is 1. The zero-order valence-corrected chi connectivity index (χ0v) is 5.84. The predicted molar refractivity (Wildman–Crippen MR) is 37.5 cm³/mol. The fourth-order valence-corrected chi connectivity index (χ4v) is 0.671. The molecule has 0 heterocycles. The lowest BCUT2D eigenvalue weighted by Crippen LogP contribution is -2.22. The van der Waals surface area contributed by atoms with E-state index in [2.05, 4.69) is 17.0 Å². The minimum absolute atomic E-state index is 0.462. The Morgan fingerprint density at radius 3 is 2.88 bits per heavy atom. The highest BCUT2D eigenvalue weighted by atomic mass is 33.1. The van der Waals surface area contributed by atoms with Crippen molar-refractivity contribution in [3.8, 4) is 0 Å². The molecule has 0 bridgehead atoms. The van der Waals surface area contributed by atoms with Gasteiger partial charge in [0.1, 0.15) is 0 Å². The van der Waals surface area contributed by atoms with E-state index in [4.69, 9.17) is 5.11 Å². The molecule has 0 aliphatic rings. The number of rotatable bonds is 3. The van der Waals surface area contributed by atoms with Gasteiger partial charge in [-0.1, -0.05) is 10.8 Å². The van der Waals surface area contributed by atoms with E-state index >= 15 is 0 Å². The van der Waals surface area contributed by atoms with Crippen LogP contribution in [0.15, 0.2) is 0 Å². The monoisotopic (exact) mass is 153 g/mol. The van der Waals surface area contributed by atoms with Crippen molar-refractivity contribution in [3.63, 3.8) is 0 Å². The van der Waals surface area contributed by atoms with Crippen LogP contribution in [0.3, 0.4) is 0 Å². The summed E-state index contributed by atoms with van der Waals surface area (Å²) in [6, 6.07) is 0. The molecule has 0 aromatic carbocycles. The van der Waals surface area contributed by atoms with Crippen molar-refractivity contribution in [2.24, 2.45) is 0 Å². The molecule has 0 radical (unpaired) electrons. The third-order valence-electron chi connectivity index (χ3n) is 0.470. The molecular weight excluding hydrogens is 146 g/mol. The summed E-state index contributed by atoms with van der Waals surface area (Å²) in [6.07, 6.45) is -0.979. The first-order valence-electron chi connectivity index (χ1n) is 2.00. The van der Waals surface area contributed by atoms with Crippen molar-refractivity contribution in [1.82, 2.24) is 5.32 Å². The van der Waals surface area contributed by atoms with Crippen LogP contribution in [-0.4, -0.2) is 23.5 Å². The predicted octanol–water partition coefficient (Wildman–Crippen LogP) is 0.832. The van der Waals surface area contributed by atoms with E-state index in [-0.39, 0.29) is 0 Å². The van der Waals surface area contributed by atoms with Crippen LogP contribution in [0.5, 0.6) is 0 Å². The van der Waals surface area contributed by atoms with Gasteiger partial charge in [0.25, 0.3) is 0 Å². The van der Waals surface area contributed by atoms with E-state index in [1.165, 1.54) is 10.8 Å². The van der Waals surface area contributed by atoms with E-state index in [1.807, 2.05) is 0 Å². The molecule has 5 heteroatoms. The number of amides is 1. The van der Waals surface area contributed by atoms with Gasteiger partial charge < -0.3 is 10.4 Å². The molecule has 1 amide bonds. The largest absolute Gasteiger partial charge is 0.465 e. The maximum atomic E-state index is 9.73. The molecule has 2 N–H and O–H groups in total. The van der Waals surface area contributed by atoms with Crippen LogP contribution >= 0.6 is 22.5 Å². The van der Waals surface area contributed by atoms with Crippen LogP contribution < -0.4 is 5.32 Å². The molecule has 0 aliphatic heterocycles. The molecule has 0 atom stereocenters. The van der Waals surface area contributed by atoms with Crippen LogP contribution in [0, 0.1) is 0 Å². The second kappa shape index (κ2) is 5.11. The molecule has 0 saturated heterocycles. The van der Waals surface area contributed by atoms with Gasteiger partial charge in [-0.3, -0.25) is 0 Å². The zero-order valence-electron chi connectivity index (χ0n) is 4.13. The van der Waals surface area contributed by atoms with Crippen LogP contribution in [-0.2, 0) is 0 Å². The molecular formula is C3H7NO2S2. The van der Waals surface area contributed by atoms with Crippen molar-refractivity contribution in [2.75, 3.05) is 12.3 Å². The molecule has 0 rings (SSSR count). The van der Waals surface area contributed by atoms with E-state index in [0.29, 0.717) is 12.3 Å². The average molecular weight is 153 g/mol. The van der Waals surface area contributed by atoms with Gasteiger partial charge in [-0.05, 0) is 0 Å². The van der Waals surface area contributed by atoms with Gasteiger partial charge in [0.2, 0.25) is 0 Å². The number of hydrogen-bond acceptors (Lipinski definition) is 3. The molecule has 0 aromatic rings. The van der Waals surface area contributed by atoms with Crippen molar-refractivity contribution in [2.45, 2.75) is 0 Å². The van der Waals surface area contributed by atoms with E-state index < -0.39 is 6.09 Å². The third-order valence-corrected chi connectivity index (χ3v) is 1.40. The SMILES string of the molecule is O=C(O)NCCSS. The van der Waals surface area contributed by atoms with Gasteiger partial charge in [0.15, 0.2) is 0 Å². The maximum Gasteiger partial charge on any atom is 0.404 e. The Hall–Kier alpha value is -0.0300. The fraction of sp³-hybridized carbons (Fsp3) is 0.667. The molecule has 48 valence electrons. The topological polar surface area (TPSA) is 49.3 Å². The molecule has 0 saturated carbocycles. The van der Waals surface area contributed by atoms with Crippen LogP contribution in [0.2, 0.25) is 0 Å². The van der Waals surface area contributed by atoms with Gasteiger partial charge in [-0.2, -0.15) is 0 Å². The van der Waals surface area contributed by atoms with Crippen molar-refractivity contribution in [3.05, 3.63) is 0 Å². The number of carbonyl (C=O) groups is 1. The molecule has 0 aliphatic carbocycles. The Morgan fingerprint density at radius 2 is 2.50 bits per heavy atom. The van der Waals surface area contributed by atoms with Gasteiger partial charge in [0, 0.05) is 12.3 Å². The van der Waals surface area contributed by atoms with Crippen molar-refractivity contribution < 1.29 is 9.90 Å². The summed E-state index contributed by atoms with van der Waals surface area (Å²) < 4.78 is 0. The van der Waals surface area contributed by atoms with Crippen molar-refractivity contribution >= 4 is 28.5 Å². The molecule has 0 unspecified atom stereocenters. The lowest BCUT2D eigenvalue weighted by atomic mass is 10.7. The summed E-state index contributed by atoms with van der Waals surface area (Å²) in [5, 5.41) is 10.2. The molecule has 0 fully saturated rings. The summed E-state index contributed by atoms with van der Waals surface area (Å²) in [5.41, 5.74) is 0. The van der Waals surface area contributed by atoms with Crippen LogP contribution in [0.1, 0.15) is 0 Å². The summed E-state index contributed by atoms with van der Waals surface area (Å²) in [6.45, 7) is 0.462. The lowest BCUT2D eigenvalue weighted by Gasteiger charge is -1.94. The smallest absolute Gasteiger partial charge is 0.404 e. The second-order valence-corrected chi connectivity index (χ2v) is 2.51. The van der Waals surface area contributed by atoms with Crippen molar-refractivity contribution in [1.29, 1.82) is 0 Å². The fourth-order valence-electron chi connectivity index (χ4n) is 0.204. The van der Waals surface area contributed by atoms with Gasteiger partial charge in [-0.25, -0.2) is 4.79 Å². The van der Waals surface area contributed by atoms with Gasteiger partial charge >= 0.3 is 6.09 Å². The molecule has 8 heavy (non-hydrogen) atoms. The number of nitrogens with one attached hydrogen (secondary N) is 1. The van der Waals surface area contributed by atoms with Gasteiger partial charge in [-0.15, -0.1) is 11.7 Å². The second-order valence-electron chi connectivity index (χ2n) is 1.07. The minimum atomic E-state index is -0.979. The first kappa shape index (κ1) is 7.97. The number of hydrogen-bond donors (Lipinski definition) is 3. The van der Waals surface area contributed by atoms with E-state index in [0.717, 1.165) is 0 Å². The quantitative estimate of drug-likeness (QED) is 0.320. The average Bonchev–Trinajstić information content (AvgIpc) is 1.66. The summed E-state index contributed by atoms with van der Waals surface area (Å²) in [7, 11) is 1.31. The Balaban J connectivity index is 2.82. The molecule has 0 aromatic heterocycles. The van der Waals surface area contributed by atoms with Crippen LogP contribution in [0.25, 0.3) is 0 Å². The maximum absolute atomic E-state index is 9.73. The summed E-state index contributed by atoms with van der Waals surface area (Å²) in [4.78, 5) is 9.73. The Kier molecular flexibility index (Phi) is 5.09. The Morgan fingerprint density at radius 1 is 1.88 bits per heavy atom. The third kappa shape index (κ3) is 5.97. The van der Waals surface area contributed by atoms with Crippen LogP contribution in [0.4, 0.5) is 4.79 Å².